The summed E-state index contributed by atoms with van der Waals surface area (Å²) in [4.78, 5) is 0. The summed E-state index contributed by atoms with van der Waals surface area (Å²) >= 11 is 11.9. The van der Waals surface area contributed by atoms with Gasteiger partial charge in [0.25, 0.3) is 0 Å². The SMILES string of the molecule is II(I)I(I)I(I)[I-]Cc1ccccc1. The van der Waals surface area contributed by atoms with Crippen molar-refractivity contribution < 1.29 is 17.2 Å². The normalized spacial score (nSPS) is 13.7. The summed E-state index contributed by atoms with van der Waals surface area (Å²) in [5, 5.41) is 0. The first-order valence-electron chi connectivity index (χ1n) is 3.53. The van der Waals surface area contributed by atoms with Crippen molar-refractivity contribution in [1.82, 2.24) is 0 Å². The molecule has 0 aromatic heterocycles. The third kappa shape index (κ3) is 8.17. The molecule has 0 aliphatic heterocycles. The Morgan fingerprint density at radius 1 is 1.00 bits per heavy atom. The van der Waals surface area contributed by atoms with E-state index in [0.29, 0.717) is 17.2 Å². The van der Waals surface area contributed by atoms with Crippen molar-refractivity contribution in [2.75, 3.05) is 0 Å². The summed E-state index contributed by atoms with van der Waals surface area (Å²) in [5.74, 6) is 0. The Labute approximate surface area is 150 Å². The first-order chi connectivity index (χ1) is 7.11. The van der Waals surface area contributed by atoms with Gasteiger partial charge in [0.05, 0.1) is 0 Å². The van der Waals surface area contributed by atoms with Crippen LogP contribution in [0.1, 0.15) is 5.56 Å². The zero-order valence-corrected chi connectivity index (χ0v) is 24.4. The van der Waals surface area contributed by atoms with Crippen LogP contribution in [-0.4, -0.2) is 0 Å². The summed E-state index contributed by atoms with van der Waals surface area (Å²) < 4.78 is 1.45. The molecule has 8 heteroatoms. The van der Waals surface area contributed by atoms with Gasteiger partial charge in [-0.05, 0) is 0 Å². The van der Waals surface area contributed by atoms with Gasteiger partial charge < -0.3 is 0 Å². The number of hydrogen-bond donors (Lipinski definition) is 0. The van der Waals surface area contributed by atoms with E-state index in [1.807, 2.05) is 0 Å². The van der Waals surface area contributed by atoms with Gasteiger partial charge in [-0.25, -0.2) is 0 Å². The van der Waals surface area contributed by atoms with Gasteiger partial charge in [-0.15, -0.1) is 0 Å². The number of alkyl halides is 1. The van der Waals surface area contributed by atoms with Crippen LogP contribution in [0.15, 0.2) is 30.3 Å². The van der Waals surface area contributed by atoms with Crippen LogP contribution >= 0.6 is 98.1 Å². The first kappa shape index (κ1) is 18.1. The molecule has 0 spiro atoms. The zero-order valence-electron chi connectivity index (χ0n) is 7.12. The van der Waals surface area contributed by atoms with E-state index in [1.165, 1.54) is 4.43 Å². The van der Waals surface area contributed by atoms with E-state index in [4.69, 9.17) is 0 Å². The second-order valence-electron chi connectivity index (χ2n) is 2.21. The average Bonchev–Trinajstić information content (AvgIpc) is 2.26. The van der Waals surface area contributed by atoms with E-state index >= 15 is 0 Å². The quantitative estimate of drug-likeness (QED) is 0.290. The van der Waals surface area contributed by atoms with E-state index in [9.17, 15) is 0 Å². The molecule has 1 aromatic carbocycles. The van der Waals surface area contributed by atoms with Crippen molar-refractivity contribution in [2.45, 2.75) is 4.43 Å². The van der Waals surface area contributed by atoms with Gasteiger partial charge in [-0.1, -0.05) is 0 Å². The number of hydrogen-bond acceptors (Lipinski definition) is 0. The predicted octanol–water partition coefficient (Wildman–Crippen LogP) is 4.94. The molecule has 92 valence electrons. The van der Waals surface area contributed by atoms with Crippen LogP contribution in [0.25, 0.3) is 0 Å². The third-order valence-corrected chi connectivity index (χ3v) is 358. The van der Waals surface area contributed by atoms with Gasteiger partial charge in [0.15, 0.2) is 0 Å². The van der Waals surface area contributed by atoms with Crippen LogP contribution in [0.3, 0.4) is 0 Å². The first-order valence-corrected chi connectivity index (χ1v) is 49.1. The van der Waals surface area contributed by atoms with Crippen molar-refractivity contribution in [3.63, 3.8) is 0 Å². The van der Waals surface area contributed by atoms with E-state index in [-0.39, 0.29) is 7.89 Å². The van der Waals surface area contributed by atoms with Gasteiger partial charge in [0.1, 0.15) is 0 Å². The van der Waals surface area contributed by atoms with Gasteiger partial charge in [0, 0.05) is 0 Å². The van der Waals surface area contributed by atoms with Crippen LogP contribution in [0.2, 0.25) is 0 Å². The van der Waals surface area contributed by atoms with Crippen LogP contribution < -0.4 is 17.2 Å². The maximum atomic E-state index is 2.91. The Morgan fingerprint density at radius 3 is 2.13 bits per heavy atom. The molecule has 15 heavy (non-hydrogen) atoms. The molecule has 0 unspecified atom stereocenters. The predicted molar refractivity (Wildman–Crippen MR) is 128 cm³/mol. The van der Waals surface area contributed by atoms with Crippen molar-refractivity contribution in [3.8, 4) is 0 Å². The molecule has 0 fully saturated rings. The Balaban J connectivity index is 2.37. The monoisotopic (exact) mass is 1110 g/mol. The second kappa shape index (κ2) is 10.7. The summed E-state index contributed by atoms with van der Waals surface area (Å²) in [6.07, 6.45) is 0. The molecule has 0 aliphatic rings. The second-order valence-corrected chi connectivity index (χ2v) is 154. The number of halogens is 8. The van der Waals surface area contributed by atoms with E-state index < -0.39 is 15.8 Å². The minimum atomic E-state index is -0.435. The summed E-state index contributed by atoms with van der Waals surface area (Å²) in [6.45, 7) is 0. The molecule has 1 aromatic rings. The minimum absolute atomic E-state index is 0.390. The molecule has 0 radical (unpaired) electrons. The molecular formula is C7H7I8-. The average molecular weight is 1110 g/mol. The van der Waals surface area contributed by atoms with E-state index in [0.717, 1.165) is 0 Å². The molecule has 0 saturated carbocycles. The Kier molecular flexibility index (Phi) is 13.0. The standard InChI is InChI=1S/C7H7I8/c8-13(9)15(11)14(10)12-6-7-4-2-1-3-5-7/h1-5H,6H2/q-1. The summed E-state index contributed by atoms with van der Waals surface area (Å²) in [7, 11) is -1.24. The molecular weight excluding hydrogens is 1100 g/mol. The van der Waals surface area contributed by atoms with Crippen LogP contribution in [-0.2, 0) is 4.43 Å². The molecule has 0 N–H and O–H groups in total. The summed E-state index contributed by atoms with van der Waals surface area (Å²) in [5.41, 5.74) is 1.59. The maximum absolute atomic E-state index is 2.91. The van der Waals surface area contributed by atoms with Crippen molar-refractivity contribution >= 4 is 98.1 Å². The molecule has 1 rings (SSSR count). The fourth-order valence-corrected chi connectivity index (χ4v) is 493. The Morgan fingerprint density at radius 2 is 1.60 bits per heavy atom. The van der Waals surface area contributed by atoms with Crippen molar-refractivity contribution in [2.24, 2.45) is 0 Å². The van der Waals surface area contributed by atoms with Crippen LogP contribution in [0, 0.1) is 0 Å². The van der Waals surface area contributed by atoms with Crippen molar-refractivity contribution in [1.29, 1.82) is 0 Å². The van der Waals surface area contributed by atoms with Crippen LogP contribution in [0.5, 0.6) is 0 Å². The summed E-state index contributed by atoms with van der Waals surface area (Å²) in [6, 6.07) is 11.1. The number of rotatable bonds is 5. The molecule has 0 saturated heterocycles. The fourth-order valence-electron chi connectivity index (χ4n) is 0.723. The zero-order chi connectivity index (χ0) is 11.3. The molecule has 0 nitrogen and oxygen atoms in total. The molecule has 0 amide bonds. The topological polar surface area (TPSA) is 0 Å². The molecule has 0 bridgehead atoms. The van der Waals surface area contributed by atoms with Gasteiger partial charge in [0.2, 0.25) is 0 Å². The Bertz CT molecular complexity index is 276. The van der Waals surface area contributed by atoms with Gasteiger partial charge >= 0.3 is 156 Å². The van der Waals surface area contributed by atoms with Crippen LogP contribution in [0.4, 0.5) is 0 Å². The Hall–Kier alpha value is 5.06. The van der Waals surface area contributed by atoms with E-state index in [2.05, 4.69) is 105 Å². The number of benzene rings is 1. The van der Waals surface area contributed by atoms with Crippen molar-refractivity contribution in [3.05, 3.63) is 35.9 Å². The van der Waals surface area contributed by atoms with E-state index in [1.54, 1.807) is 5.56 Å². The molecule has 0 atom stereocenters. The van der Waals surface area contributed by atoms with Gasteiger partial charge in [-0.2, -0.15) is 0 Å². The van der Waals surface area contributed by atoms with Gasteiger partial charge in [-0.3, -0.25) is 0 Å². The fraction of sp³-hybridized carbons (Fsp3) is 0.143. The molecule has 0 aliphatic carbocycles. The molecule has 0 heterocycles. The third-order valence-electron chi connectivity index (χ3n) is 1.29.